The highest BCUT2D eigenvalue weighted by Gasteiger charge is 2.12. The second-order valence-electron chi connectivity index (χ2n) is 5.65. The van der Waals surface area contributed by atoms with Gasteiger partial charge >= 0.3 is 5.97 Å². The number of benzene rings is 2. The summed E-state index contributed by atoms with van der Waals surface area (Å²) in [5.74, 6) is 0.757. The largest absolute Gasteiger partial charge is 0.497 e. The summed E-state index contributed by atoms with van der Waals surface area (Å²) in [7, 11) is 4.59. The second-order valence-corrected chi connectivity index (χ2v) is 5.65. The van der Waals surface area contributed by atoms with E-state index in [1.807, 2.05) is 24.3 Å². The van der Waals surface area contributed by atoms with Crippen molar-refractivity contribution in [3.05, 3.63) is 42.5 Å². The Hall–Kier alpha value is -3.42. The summed E-state index contributed by atoms with van der Waals surface area (Å²) in [6, 6.07) is 12.4. The molecule has 0 bridgehead atoms. The Morgan fingerprint density at radius 1 is 0.893 bits per heavy atom. The Balaban J connectivity index is 1.77. The normalized spacial score (nSPS) is 9.96. The van der Waals surface area contributed by atoms with Gasteiger partial charge in [-0.05, 0) is 24.3 Å². The van der Waals surface area contributed by atoms with Crippen molar-refractivity contribution in [3.8, 4) is 17.2 Å². The lowest BCUT2D eigenvalue weighted by molar-refractivity contribution is -0.147. The summed E-state index contributed by atoms with van der Waals surface area (Å²) >= 11 is 0. The summed E-state index contributed by atoms with van der Waals surface area (Å²) in [5.41, 5.74) is 1.21. The van der Waals surface area contributed by atoms with E-state index >= 15 is 0 Å². The number of hydrogen-bond acceptors (Lipinski definition) is 7. The molecule has 2 rings (SSSR count). The van der Waals surface area contributed by atoms with E-state index in [1.54, 1.807) is 25.3 Å². The van der Waals surface area contributed by atoms with E-state index in [0.717, 1.165) is 5.69 Å². The maximum atomic E-state index is 12.0. The van der Waals surface area contributed by atoms with E-state index < -0.39 is 18.5 Å². The van der Waals surface area contributed by atoms with Crippen molar-refractivity contribution in [1.29, 1.82) is 0 Å². The smallest absolute Gasteiger partial charge is 0.308 e. The third-order valence-electron chi connectivity index (χ3n) is 3.80. The van der Waals surface area contributed by atoms with Gasteiger partial charge in [0.15, 0.2) is 6.61 Å². The second kappa shape index (κ2) is 10.7. The monoisotopic (exact) mass is 388 g/mol. The maximum Gasteiger partial charge on any atom is 0.308 e. The van der Waals surface area contributed by atoms with Crippen molar-refractivity contribution in [2.45, 2.75) is 6.42 Å². The fraction of sp³-hybridized carbons (Fsp3) is 0.300. The van der Waals surface area contributed by atoms with Gasteiger partial charge < -0.3 is 29.6 Å². The van der Waals surface area contributed by atoms with Crippen molar-refractivity contribution in [2.24, 2.45) is 0 Å². The maximum absolute atomic E-state index is 12.0. The number of hydrogen-bond donors (Lipinski definition) is 2. The zero-order valence-corrected chi connectivity index (χ0v) is 16.1. The number of para-hydroxylation sites is 2. The number of carbonyl (C=O) groups is 2. The van der Waals surface area contributed by atoms with Gasteiger partial charge in [0.25, 0.3) is 5.91 Å². The van der Waals surface area contributed by atoms with Crippen molar-refractivity contribution in [3.63, 3.8) is 0 Å². The van der Waals surface area contributed by atoms with Gasteiger partial charge in [0.2, 0.25) is 0 Å². The van der Waals surface area contributed by atoms with Crippen molar-refractivity contribution in [1.82, 2.24) is 0 Å². The average molecular weight is 388 g/mol. The van der Waals surface area contributed by atoms with Crippen LogP contribution in [0.1, 0.15) is 6.42 Å². The minimum absolute atomic E-state index is 0.105. The topological polar surface area (TPSA) is 95.1 Å². The summed E-state index contributed by atoms with van der Waals surface area (Å²) in [6.45, 7) is -0.0433. The molecular formula is C20H24N2O6. The Morgan fingerprint density at radius 3 is 2.32 bits per heavy atom. The van der Waals surface area contributed by atoms with Crippen LogP contribution in [-0.2, 0) is 14.3 Å². The Morgan fingerprint density at radius 2 is 1.61 bits per heavy atom. The Labute approximate surface area is 163 Å². The van der Waals surface area contributed by atoms with Crippen LogP contribution < -0.4 is 24.8 Å². The zero-order valence-electron chi connectivity index (χ0n) is 16.1. The number of carbonyl (C=O) groups excluding carboxylic acids is 2. The molecule has 2 N–H and O–H groups in total. The molecule has 0 aliphatic heterocycles. The first-order chi connectivity index (χ1) is 13.6. The first-order valence-electron chi connectivity index (χ1n) is 8.61. The number of ether oxygens (including phenoxy) is 4. The van der Waals surface area contributed by atoms with E-state index in [9.17, 15) is 9.59 Å². The molecule has 0 radical (unpaired) electrons. The van der Waals surface area contributed by atoms with E-state index in [-0.39, 0.29) is 6.42 Å². The molecule has 0 heterocycles. The van der Waals surface area contributed by atoms with Crippen LogP contribution in [0.5, 0.6) is 17.2 Å². The molecule has 0 unspecified atom stereocenters. The fourth-order valence-electron chi connectivity index (χ4n) is 2.41. The van der Waals surface area contributed by atoms with Gasteiger partial charge in [-0.2, -0.15) is 0 Å². The lowest BCUT2D eigenvalue weighted by Crippen LogP contribution is -2.22. The third kappa shape index (κ3) is 6.08. The Bertz CT molecular complexity index is 809. The molecular weight excluding hydrogens is 364 g/mol. The van der Waals surface area contributed by atoms with Crippen LogP contribution >= 0.6 is 0 Å². The van der Waals surface area contributed by atoms with Gasteiger partial charge in [0.05, 0.1) is 39.1 Å². The van der Waals surface area contributed by atoms with Crippen LogP contribution in [0.4, 0.5) is 11.4 Å². The van der Waals surface area contributed by atoms with E-state index in [0.29, 0.717) is 29.5 Å². The molecule has 0 aromatic heterocycles. The quantitative estimate of drug-likeness (QED) is 0.604. The summed E-state index contributed by atoms with van der Waals surface area (Å²) < 4.78 is 20.5. The summed E-state index contributed by atoms with van der Waals surface area (Å²) in [4.78, 5) is 23.9. The molecule has 0 saturated heterocycles. The predicted molar refractivity (Wildman–Crippen MR) is 105 cm³/mol. The molecule has 28 heavy (non-hydrogen) atoms. The number of anilines is 2. The molecule has 150 valence electrons. The predicted octanol–water partition coefficient (Wildman–Crippen LogP) is 2.70. The molecule has 0 atom stereocenters. The standard InChI is InChI=1S/C20H24N2O6/c1-25-14-8-9-18(27-3)16(12-14)22-19(23)13-28-20(24)10-11-21-15-6-4-5-7-17(15)26-2/h4-9,12,21H,10-11,13H2,1-3H3,(H,22,23). The van der Waals surface area contributed by atoms with E-state index in [4.69, 9.17) is 18.9 Å². The molecule has 1 amide bonds. The van der Waals surface area contributed by atoms with Gasteiger partial charge in [-0.25, -0.2) is 0 Å². The fourth-order valence-corrected chi connectivity index (χ4v) is 2.41. The van der Waals surface area contributed by atoms with Gasteiger partial charge in [-0.1, -0.05) is 12.1 Å². The molecule has 8 heteroatoms. The highest BCUT2D eigenvalue weighted by Crippen LogP contribution is 2.28. The molecule has 0 fully saturated rings. The first-order valence-corrected chi connectivity index (χ1v) is 8.61. The number of methoxy groups -OCH3 is 3. The van der Waals surface area contributed by atoms with Crippen LogP contribution in [0.3, 0.4) is 0 Å². The van der Waals surface area contributed by atoms with E-state index in [1.165, 1.54) is 14.2 Å². The number of rotatable bonds is 10. The van der Waals surface area contributed by atoms with Crippen LogP contribution in [0.2, 0.25) is 0 Å². The number of nitrogens with one attached hydrogen (secondary N) is 2. The van der Waals surface area contributed by atoms with Gasteiger partial charge in [0, 0.05) is 12.6 Å². The van der Waals surface area contributed by atoms with Gasteiger partial charge in [-0.3, -0.25) is 9.59 Å². The highest BCUT2D eigenvalue weighted by atomic mass is 16.5. The van der Waals surface area contributed by atoms with Gasteiger partial charge in [0.1, 0.15) is 17.2 Å². The molecule has 0 aliphatic carbocycles. The molecule has 8 nitrogen and oxygen atoms in total. The Kier molecular flexibility index (Phi) is 7.95. The van der Waals surface area contributed by atoms with Crippen LogP contribution in [0, 0.1) is 0 Å². The molecule has 0 spiro atoms. The summed E-state index contributed by atoms with van der Waals surface area (Å²) in [6.07, 6.45) is 0.105. The van der Waals surface area contributed by atoms with Crippen molar-refractivity contribution in [2.75, 3.05) is 45.1 Å². The van der Waals surface area contributed by atoms with E-state index in [2.05, 4.69) is 10.6 Å². The lowest BCUT2D eigenvalue weighted by Gasteiger charge is -2.12. The van der Waals surface area contributed by atoms with Crippen LogP contribution in [0.15, 0.2) is 42.5 Å². The molecule has 0 aliphatic rings. The SMILES string of the molecule is COc1ccc(OC)c(NC(=O)COC(=O)CCNc2ccccc2OC)c1. The number of amides is 1. The third-order valence-corrected chi connectivity index (χ3v) is 3.80. The minimum atomic E-state index is -0.491. The van der Waals surface area contributed by atoms with Gasteiger partial charge in [-0.15, -0.1) is 0 Å². The zero-order chi connectivity index (χ0) is 20.4. The summed E-state index contributed by atoms with van der Waals surface area (Å²) in [5, 5.41) is 5.73. The number of esters is 1. The van der Waals surface area contributed by atoms with Crippen molar-refractivity contribution < 1.29 is 28.5 Å². The molecule has 2 aromatic carbocycles. The minimum Gasteiger partial charge on any atom is -0.497 e. The van der Waals surface area contributed by atoms with Crippen molar-refractivity contribution >= 4 is 23.3 Å². The highest BCUT2D eigenvalue weighted by molar-refractivity contribution is 5.94. The molecule has 2 aromatic rings. The molecule has 0 saturated carbocycles. The lowest BCUT2D eigenvalue weighted by atomic mass is 10.2. The average Bonchev–Trinajstić information content (AvgIpc) is 2.72. The van der Waals surface area contributed by atoms with Crippen LogP contribution in [0.25, 0.3) is 0 Å². The van der Waals surface area contributed by atoms with Crippen LogP contribution in [-0.4, -0.2) is 46.4 Å². The first kappa shape index (κ1) is 20.9.